The Morgan fingerprint density at radius 2 is 1.86 bits per heavy atom. The molecule has 1 aromatic carbocycles. The lowest BCUT2D eigenvalue weighted by molar-refractivity contribution is -0.0367. The molecule has 3 aromatic heterocycles. The molecule has 1 unspecified atom stereocenters. The van der Waals surface area contributed by atoms with E-state index in [2.05, 4.69) is 76.0 Å². The van der Waals surface area contributed by atoms with Gasteiger partial charge in [-0.2, -0.15) is 10.2 Å². The molecule has 11 nitrogen and oxygen atoms in total. The van der Waals surface area contributed by atoms with E-state index in [9.17, 15) is 0 Å². The minimum Gasteiger partial charge on any atom is -0.477 e. The van der Waals surface area contributed by atoms with Gasteiger partial charge in [0.1, 0.15) is 0 Å². The number of aromatic nitrogens is 6. The van der Waals surface area contributed by atoms with Gasteiger partial charge >= 0.3 is 0 Å². The topological polar surface area (TPSA) is 96.4 Å². The zero-order valence-electron chi connectivity index (χ0n) is 26.3. The number of ether oxygens (including phenoxy) is 3. The molecule has 4 aromatic rings. The molecule has 2 bridgehead atoms. The Morgan fingerprint density at radius 1 is 1.00 bits per heavy atom. The maximum Gasteiger partial charge on any atom is 0.240 e. The van der Waals surface area contributed by atoms with Gasteiger partial charge in [-0.05, 0) is 83.0 Å². The van der Waals surface area contributed by atoms with Gasteiger partial charge in [0.05, 0.1) is 47.8 Å². The molecule has 7 rings (SSSR count). The summed E-state index contributed by atoms with van der Waals surface area (Å²) in [5.41, 5.74) is 6.09. The van der Waals surface area contributed by atoms with Gasteiger partial charge in [-0.3, -0.25) is 4.68 Å². The van der Waals surface area contributed by atoms with Gasteiger partial charge in [0.2, 0.25) is 11.8 Å². The van der Waals surface area contributed by atoms with Crippen molar-refractivity contribution in [3.05, 3.63) is 41.3 Å². The summed E-state index contributed by atoms with van der Waals surface area (Å²) >= 11 is 0. The van der Waals surface area contributed by atoms with Crippen molar-refractivity contribution in [1.29, 1.82) is 0 Å². The van der Waals surface area contributed by atoms with Crippen LogP contribution in [0.4, 0.5) is 0 Å². The Morgan fingerprint density at radius 3 is 2.68 bits per heavy atom. The molecule has 1 N–H and O–H groups in total. The summed E-state index contributed by atoms with van der Waals surface area (Å²) in [6.45, 7) is 5.98. The fourth-order valence-electron chi connectivity index (χ4n) is 6.55. The van der Waals surface area contributed by atoms with Crippen LogP contribution in [0.15, 0.2) is 24.4 Å². The third-order valence-corrected chi connectivity index (χ3v) is 9.15. The molecule has 1 atom stereocenters. The molecule has 3 aliphatic rings. The van der Waals surface area contributed by atoms with Crippen molar-refractivity contribution in [3.63, 3.8) is 0 Å². The van der Waals surface area contributed by atoms with Crippen molar-refractivity contribution in [1.82, 2.24) is 39.6 Å². The highest BCUT2D eigenvalue weighted by molar-refractivity contribution is 5.93. The zero-order valence-corrected chi connectivity index (χ0v) is 26.3. The highest BCUT2D eigenvalue weighted by Gasteiger charge is 2.33. The summed E-state index contributed by atoms with van der Waals surface area (Å²) in [7, 11) is 6.14. The molecular weight excluding hydrogens is 556 g/mol. The molecule has 234 valence electrons. The van der Waals surface area contributed by atoms with Crippen LogP contribution in [0.3, 0.4) is 0 Å². The normalized spacial score (nSPS) is 22.9. The van der Waals surface area contributed by atoms with E-state index in [1.54, 1.807) is 4.68 Å². The summed E-state index contributed by atoms with van der Waals surface area (Å²) in [6, 6.07) is 7.38. The summed E-state index contributed by atoms with van der Waals surface area (Å²) < 4.78 is 24.8. The first kappa shape index (κ1) is 29.1. The van der Waals surface area contributed by atoms with Crippen LogP contribution in [0.25, 0.3) is 34.2 Å². The second-order valence-corrected chi connectivity index (χ2v) is 12.6. The third-order valence-electron chi connectivity index (χ3n) is 9.15. The molecule has 2 aliphatic heterocycles. The molecular formula is C33H44N8O3. The van der Waals surface area contributed by atoms with E-state index in [1.165, 1.54) is 0 Å². The van der Waals surface area contributed by atoms with Gasteiger partial charge in [-0.1, -0.05) is 6.07 Å². The van der Waals surface area contributed by atoms with Crippen molar-refractivity contribution in [2.45, 2.75) is 63.8 Å². The van der Waals surface area contributed by atoms with E-state index in [-0.39, 0.29) is 6.23 Å². The van der Waals surface area contributed by atoms with Crippen molar-refractivity contribution >= 4 is 23.1 Å². The van der Waals surface area contributed by atoms with Crippen LogP contribution in [0.1, 0.15) is 67.7 Å². The number of rotatable bonds is 6. The third kappa shape index (κ3) is 5.64. The van der Waals surface area contributed by atoms with Crippen LogP contribution in [-0.4, -0.2) is 87.3 Å². The molecule has 0 radical (unpaired) electrons. The number of hydrogen-bond donors (Lipinski definition) is 1. The first-order chi connectivity index (χ1) is 21.5. The molecule has 2 fully saturated rings. The maximum absolute atomic E-state index is 6.33. The molecule has 11 heteroatoms. The van der Waals surface area contributed by atoms with Gasteiger partial charge in [-0.25, -0.2) is 9.36 Å². The van der Waals surface area contributed by atoms with E-state index in [0.717, 1.165) is 103 Å². The predicted molar refractivity (Wildman–Crippen MR) is 171 cm³/mol. The summed E-state index contributed by atoms with van der Waals surface area (Å²) in [5.74, 6) is 1.41. The average Bonchev–Trinajstić information content (AvgIpc) is 3.65. The molecule has 1 saturated heterocycles. The van der Waals surface area contributed by atoms with Crippen LogP contribution in [0.5, 0.6) is 11.8 Å². The first-order valence-corrected chi connectivity index (χ1v) is 16.0. The number of aryl methyl sites for hydroxylation is 1. The van der Waals surface area contributed by atoms with E-state index >= 15 is 0 Å². The minimum atomic E-state index is -0.0663. The summed E-state index contributed by atoms with van der Waals surface area (Å²) in [4.78, 5) is 2.21. The smallest absolute Gasteiger partial charge is 0.240 e. The van der Waals surface area contributed by atoms with Crippen molar-refractivity contribution in [2.24, 2.45) is 7.05 Å². The number of nitrogens with one attached hydrogen (secondary N) is 1. The Hall–Kier alpha value is -3.67. The highest BCUT2D eigenvalue weighted by atomic mass is 16.5. The van der Waals surface area contributed by atoms with Crippen LogP contribution >= 0.6 is 0 Å². The highest BCUT2D eigenvalue weighted by Crippen LogP contribution is 2.38. The molecule has 0 spiro atoms. The van der Waals surface area contributed by atoms with Gasteiger partial charge in [-0.15, -0.1) is 5.10 Å². The summed E-state index contributed by atoms with van der Waals surface area (Å²) in [5, 5.41) is 19.4. The Balaban J connectivity index is 1.25. The second-order valence-electron chi connectivity index (χ2n) is 12.6. The summed E-state index contributed by atoms with van der Waals surface area (Å²) in [6.07, 6.45) is 12.1. The van der Waals surface area contributed by atoms with Crippen molar-refractivity contribution in [3.8, 4) is 22.9 Å². The number of benzene rings is 1. The van der Waals surface area contributed by atoms with Crippen LogP contribution < -0.4 is 14.8 Å². The molecule has 0 amide bonds. The number of fused-ring (bicyclic) bond motifs is 4. The zero-order chi connectivity index (χ0) is 30.2. The maximum atomic E-state index is 6.33. The lowest BCUT2D eigenvalue weighted by Crippen LogP contribution is -2.44. The Bertz CT molecular complexity index is 1640. The van der Waals surface area contributed by atoms with E-state index < -0.39 is 0 Å². The number of likely N-dealkylation sites (N-methyl/N-ethyl adjacent to an activating group) is 1. The monoisotopic (exact) mass is 600 g/mol. The predicted octanol–water partition coefficient (Wildman–Crippen LogP) is 4.83. The Kier molecular flexibility index (Phi) is 8.17. The molecule has 1 aliphatic carbocycles. The van der Waals surface area contributed by atoms with Gasteiger partial charge < -0.3 is 24.4 Å². The van der Waals surface area contributed by atoms with E-state index in [1.807, 2.05) is 13.2 Å². The van der Waals surface area contributed by atoms with Crippen molar-refractivity contribution < 1.29 is 14.2 Å². The first-order valence-electron chi connectivity index (χ1n) is 16.0. The lowest BCUT2D eigenvalue weighted by Gasteiger charge is -2.37. The van der Waals surface area contributed by atoms with Crippen molar-refractivity contribution in [2.75, 3.05) is 47.0 Å². The van der Waals surface area contributed by atoms with Gasteiger partial charge in [0.25, 0.3) is 0 Å². The van der Waals surface area contributed by atoms with E-state index in [0.29, 0.717) is 31.2 Å². The fraction of sp³-hybridized carbons (Fsp3) is 0.545. The van der Waals surface area contributed by atoms with Crippen LogP contribution in [0.2, 0.25) is 0 Å². The quantitative estimate of drug-likeness (QED) is 0.336. The standard InChI is InChI=1S/C33H44N8O3/c1-22-26-10-11-29-27-18-23(9-12-30(27)41(36-29)31-8-5-6-15-42-31)28-21-35-39(4)33(28)44-17-7-16-43-32(26)37-40(22)25-19-24(20-25)34-13-14-38(2)3/h9-12,18,21,24-25,31,34H,5-8,13-17,19-20H2,1-4H3/b11-10-. The van der Waals surface area contributed by atoms with Crippen LogP contribution in [0, 0.1) is 6.92 Å². The van der Waals surface area contributed by atoms with Crippen LogP contribution in [-0.2, 0) is 11.8 Å². The fourth-order valence-corrected chi connectivity index (χ4v) is 6.55. The lowest BCUT2D eigenvalue weighted by atomic mass is 9.86. The van der Waals surface area contributed by atoms with Gasteiger partial charge in [0.15, 0.2) is 6.23 Å². The SMILES string of the molecule is Cc1c2c(nn1C1CC(NCCN(C)C)C1)OCCCOc1c(cnn1C)-c1ccc3c(c1)c(nn3C1CCCCO1)/C=C\2. The molecule has 44 heavy (non-hydrogen) atoms. The van der Waals surface area contributed by atoms with Gasteiger partial charge in [0, 0.05) is 50.3 Å². The largest absolute Gasteiger partial charge is 0.477 e. The second kappa shape index (κ2) is 12.4. The number of hydrogen-bond acceptors (Lipinski definition) is 8. The van der Waals surface area contributed by atoms with E-state index in [4.69, 9.17) is 24.4 Å². The Labute approximate surface area is 258 Å². The average molecular weight is 601 g/mol. The minimum absolute atomic E-state index is 0.0663. The molecule has 5 heterocycles. The molecule has 1 saturated carbocycles. The number of nitrogens with zero attached hydrogens (tertiary/aromatic N) is 7.